The first-order valence-electron chi connectivity index (χ1n) is 6.64. The summed E-state index contributed by atoms with van der Waals surface area (Å²) in [5.41, 5.74) is 2.43. The lowest BCUT2D eigenvalue weighted by Crippen LogP contribution is -2.36. The SMILES string of the molecule is CC(NCc1cn[nH]c1-c1cccs1)C1CCC1. The van der Waals surface area contributed by atoms with Crippen LogP contribution in [0.5, 0.6) is 0 Å². The van der Waals surface area contributed by atoms with Crippen molar-refractivity contribution < 1.29 is 0 Å². The molecule has 1 saturated carbocycles. The van der Waals surface area contributed by atoms with Crippen LogP contribution in [0.2, 0.25) is 0 Å². The summed E-state index contributed by atoms with van der Waals surface area (Å²) in [6.45, 7) is 3.20. The molecule has 2 aromatic heterocycles. The molecule has 2 N–H and O–H groups in total. The molecular weight excluding hydrogens is 242 g/mol. The van der Waals surface area contributed by atoms with Crippen molar-refractivity contribution >= 4 is 11.3 Å². The van der Waals surface area contributed by atoms with E-state index in [4.69, 9.17) is 0 Å². The number of nitrogens with one attached hydrogen (secondary N) is 2. The first-order chi connectivity index (χ1) is 8.84. The van der Waals surface area contributed by atoms with Gasteiger partial charge in [0.15, 0.2) is 0 Å². The van der Waals surface area contributed by atoms with E-state index in [1.54, 1.807) is 11.3 Å². The zero-order valence-electron chi connectivity index (χ0n) is 10.6. The van der Waals surface area contributed by atoms with Crippen LogP contribution in [0.3, 0.4) is 0 Å². The van der Waals surface area contributed by atoms with E-state index in [2.05, 4.69) is 40.0 Å². The van der Waals surface area contributed by atoms with Crippen LogP contribution in [-0.4, -0.2) is 16.2 Å². The number of nitrogens with zero attached hydrogens (tertiary/aromatic N) is 1. The average molecular weight is 261 g/mol. The number of aromatic nitrogens is 2. The quantitative estimate of drug-likeness (QED) is 0.866. The largest absolute Gasteiger partial charge is 0.310 e. The van der Waals surface area contributed by atoms with Crippen LogP contribution in [-0.2, 0) is 6.54 Å². The summed E-state index contributed by atoms with van der Waals surface area (Å²) in [6, 6.07) is 4.83. The van der Waals surface area contributed by atoms with E-state index in [0.29, 0.717) is 6.04 Å². The lowest BCUT2D eigenvalue weighted by molar-refractivity contribution is 0.240. The van der Waals surface area contributed by atoms with Crippen LogP contribution in [0, 0.1) is 5.92 Å². The Balaban J connectivity index is 1.64. The third-order valence-corrected chi connectivity index (χ3v) is 4.84. The number of hydrogen-bond acceptors (Lipinski definition) is 3. The molecule has 96 valence electrons. The molecule has 1 aliphatic carbocycles. The van der Waals surface area contributed by atoms with Crippen molar-refractivity contribution in [2.75, 3.05) is 0 Å². The van der Waals surface area contributed by atoms with Gasteiger partial charge in [-0.15, -0.1) is 11.3 Å². The van der Waals surface area contributed by atoms with E-state index in [1.807, 2.05) is 6.20 Å². The van der Waals surface area contributed by atoms with Crippen molar-refractivity contribution in [3.63, 3.8) is 0 Å². The van der Waals surface area contributed by atoms with Gasteiger partial charge in [-0.3, -0.25) is 5.10 Å². The van der Waals surface area contributed by atoms with E-state index in [-0.39, 0.29) is 0 Å². The maximum atomic E-state index is 4.18. The number of aromatic amines is 1. The van der Waals surface area contributed by atoms with Gasteiger partial charge in [0.1, 0.15) is 0 Å². The molecule has 0 bridgehead atoms. The van der Waals surface area contributed by atoms with Crippen LogP contribution in [0.15, 0.2) is 23.7 Å². The van der Waals surface area contributed by atoms with E-state index in [1.165, 1.54) is 35.4 Å². The summed E-state index contributed by atoms with van der Waals surface area (Å²) < 4.78 is 0. The summed E-state index contributed by atoms with van der Waals surface area (Å²) >= 11 is 1.75. The average Bonchev–Trinajstić information content (AvgIpc) is 2.94. The summed E-state index contributed by atoms with van der Waals surface area (Å²) in [5, 5.41) is 13.0. The van der Waals surface area contributed by atoms with Gasteiger partial charge in [0.2, 0.25) is 0 Å². The lowest BCUT2D eigenvalue weighted by atomic mass is 9.80. The van der Waals surface area contributed by atoms with Gasteiger partial charge in [0, 0.05) is 18.2 Å². The fourth-order valence-electron chi connectivity index (χ4n) is 2.46. The van der Waals surface area contributed by atoms with Gasteiger partial charge in [-0.1, -0.05) is 12.5 Å². The third kappa shape index (κ3) is 2.35. The highest BCUT2D eigenvalue weighted by atomic mass is 32.1. The number of thiophene rings is 1. The van der Waals surface area contributed by atoms with Gasteiger partial charge >= 0.3 is 0 Å². The second-order valence-corrected chi connectivity index (χ2v) is 6.06. The molecule has 2 heterocycles. The van der Waals surface area contributed by atoms with Crippen LogP contribution in [0.4, 0.5) is 0 Å². The third-order valence-electron chi connectivity index (χ3n) is 3.96. The molecule has 3 nitrogen and oxygen atoms in total. The molecule has 0 aliphatic heterocycles. The smallest absolute Gasteiger partial charge is 0.0794 e. The monoisotopic (exact) mass is 261 g/mol. The molecule has 0 amide bonds. The Kier molecular flexibility index (Phi) is 3.48. The van der Waals surface area contributed by atoms with Crippen LogP contribution in [0.25, 0.3) is 10.6 Å². The highest BCUT2D eigenvalue weighted by Gasteiger charge is 2.23. The number of rotatable bonds is 5. The fourth-order valence-corrected chi connectivity index (χ4v) is 3.21. The highest BCUT2D eigenvalue weighted by molar-refractivity contribution is 7.13. The Morgan fingerprint density at radius 1 is 1.56 bits per heavy atom. The van der Waals surface area contributed by atoms with E-state index >= 15 is 0 Å². The van der Waals surface area contributed by atoms with Gasteiger partial charge in [-0.25, -0.2) is 0 Å². The molecule has 0 aromatic carbocycles. The second-order valence-electron chi connectivity index (χ2n) is 5.11. The molecule has 0 saturated heterocycles. The maximum Gasteiger partial charge on any atom is 0.0794 e. The van der Waals surface area contributed by atoms with Crippen molar-refractivity contribution in [3.05, 3.63) is 29.3 Å². The van der Waals surface area contributed by atoms with E-state index in [0.717, 1.165) is 12.5 Å². The Bertz CT molecular complexity index is 485. The first kappa shape index (κ1) is 11.9. The molecule has 0 spiro atoms. The Labute approximate surface area is 112 Å². The van der Waals surface area contributed by atoms with Crippen molar-refractivity contribution in [1.29, 1.82) is 0 Å². The standard InChI is InChI=1S/C14H19N3S/c1-10(11-4-2-5-11)15-8-12-9-16-17-14(12)13-6-3-7-18-13/h3,6-7,9-11,15H,2,4-5,8H2,1H3,(H,16,17). The normalized spacial score (nSPS) is 17.6. The molecule has 1 unspecified atom stereocenters. The molecule has 1 atom stereocenters. The Morgan fingerprint density at radius 2 is 2.44 bits per heavy atom. The topological polar surface area (TPSA) is 40.7 Å². The molecule has 0 radical (unpaired) electrons. The first-order valence-corrected chi connectivity index (χ1v) is 7.52. The zero-order chi connectivity index (χ0) is 12.4. The molecule has 1 aliphatic rings. The van der Waals surface area contributed by atoms with Gasteiger partial charge in [0.05, 0.1) is 16.8 Å². The Hall–Kier alpha value is -1.13. The minimum Gasteiger partial charge on any atom is -0.310 e. The van der Waals surface area contributed by atoms with Crippen LogP contribution < -0.4 is 5.32 Å². The molecular formula is C14H19N3S. The summed E-state index contributed by atoms with van der Waals surface area (Å²) in [5.74, 6) is 0.877. The molecule has 2 aromatic rings. The van der Waals surface area contributed by atoms with Crippen molar-refractivity contribution in [2.24, 2.45) is 5.92 Å². The van der Waals surface area contributed by atoms with Crippen LogP contribution in [0.1, 0.15) is 31.7 Å². The minimum atomic E-state index is 0.616. The van der Waals surface area contributed by atoms with Gasteiger partial charge in [0.25, 0.3) is 0 Å². The Morgan fingerprint density at radius 3 is 3.11 bits per heavy atom. The van der Waals surface area contributed by atoms with Gasteiger partial charge < -0.3 is 5.32 Å². The van der Waals surface area contributed by atoms with Gasteiger partial charge in [-0.05, 0) is 37.1 Å². The summed E-state index contributed by atoms with van der Waals surface area (Å²) in [7, 11) is 0. The molecule has 18 heavy (non-hydrogen) atoms. The predicted octanol–water partition coefficient (Wildman–Crippen LogP) is 3.42. The van der Waals surface area contributed by atoms with Crippen molar-refractivity contribution in [1.82, 2.24) is 15.5 Å². The maximum absolute atomic E-state index is 4.18. The fraction of sp³-hybridized carbons (Fsp3) is 0.500. The number of H-pyrrole nitrogens is 1. The summed E-state index contributed by atoms with van der Waals surface area (Å²) in [6.07, 6.45) is 6.12. The van der Waals surface area contributed by atoms with Crippen molar-refractivity contribution in [2.45, 2.75) is 38.8 Å². The minimum absolute atomic E-state index is 0.616. The molecule has 1 fully saturated rings. The molecule has 3 rings (SSSR count). The van der Waals surface area contributed by atoms with E-state index in [9.17, 15) is 0 Å². The number of hydrogen-bond donors (Lipinski definition) is 2. The second kappa shape index (κ2) is 5.24. The highest BCUT2D eigenvalue weighted by Crippen LogP contribution is 2.30. The zero-order valence-corrected chi connectivity index (χ0v) is 11.5. The van der Waals surface area contributed by atoms with Gasteiger partial charge in [-0.2, -0.15) is 5.10 Å². The van der Waals surface area contributed by atoms with Crippen molar-refractivity contribution in [3.8, 4) is 10.6 Å². The molecule has 4 heteroatoms. The van der Waals surface area contributed by atoms with Crippen LogP contribution >= 0.6 is 11.3 Å². The lowest BCUT2D eigenvalue weighted by Gasteiger charge is -2.32. The predicted molar refractivity (Wildman–Crippen MR) is 75.5 cm³/mol. The van der Waals surface area contributed by atoms with E-state index < -0.39 is 0 Å². The summed E-state index contributed by atoms with van der Waals surface area (Å²) in [4.78, 5) is 1.26.